The number of hydrogen-bond donors (Lipinski definition) is 2. The topological polar surface area (TPSA) is 106 Å². The molecule has 0 bridgehead atoms. The average molecular weight is 297 g/mol. The summed E-state index contributed by atoms with van der Waals surface area (Å²) in [5.74, 6) is 0.361. The molecule has 0 atom stereocenters. The summed E-state index contributed by atoms with van der Waals surface area (Å²) in [4.78, 5) is 10.6. The molecule has 0 radical (unpaired) electrons. The lowest BCUT2D eigenvalue weighted by atomic mass is 10.2. The van der Waals surface area contributed by atoms with Gasteiger partial charge in [0, 0.05) is 11.6 Å². The van der Waals surface area contributed by atoms with Crippen molar-refractivity contribution in [1.29, 1.82) is 0 Å². The predicted molar refractivity (Wildman–Crippen MR) is 78.1 cm³/mol. The third-order valence-corrected chi connectivity index (χ3v) is 2.36. The Morgan fingerprint density at radius 2 is 2.24 bits per heavy atom. The first kappa shape index (κ1) is 16.7. The number of aliphatic hydroxyl groups is 1. The molecule has 0 fully saturated rings. The number of rotatable bonds is 8. The second kappa shape index (κ2) is 8.05. The molecular formula is C13H19N3O5. The Morgan fingerprint density at radius 3 is 2.76 bits per heavy atom. The Hall–Kier alpha value is -2.35. The van der Waals surface area contributed by atoms with Crippen molar-refractivity contribution in [2.24, 2.45) is 5.10 Å². The second-order valence-electron chi connectivity index (χ2n) is 4.39. The molecule has 0 aliphatic carbocycles. The van der Waals surface area contributed by atoms with E-state index in [0.717, 1.165) is 0 Å². The van der Waals surface area contributed by atoms with Crippen LogP contribution >= 0.6 is 0 Å². The van der Waals surface area contributed by atoms with E-state index >= 15 is 0 Å². The number of benzene rings is 1. The standard InChI is InChI=1S/C13H19N3O5/c1-9(2)21-13-11(16(18)19)6-10(7-12(13)20-3)8-15-14-4-5-17/h6-9,14,17H,4-5H2,1-3H3. The molecule has 0 spiro atoms. The Morgan fingerprint density at radius 1 is 1.52 bits per heavy atom. The number of ether oxygens (including phenoxy) is 2. The molecule has 0 heterocycles. The van der Waals surface area contributed by atoms with E-state index in [0.29, 0.717) is 12.1 Å². The van der Waals surface area contributed by atoms with Crippen molar-refractivity contribution in [2.45, 2.75) is 20.0 Å². The molecule has 21 heavy (non-hydrogen) atoms. The molecular weight excluding hydrogens is 278 g/mol. The summed E-state index contributed by atoms with van der Waals surface area (Å²) in [5, 5.41) is 23.6. The van der Waals surface area contributed by atoms with Crippen LogP contribution in [0.2, 0.25) is 0 Å². The van der Waals surface area contributed by atoms with Crippen LogP contribution in [0.1, 0.15) is 19.4 Å². The summed E-state index contributed by atoms with van der Waals surface area (Å²) in [7, 11) is 1.41. The minimum atomic E-state index is -0.529. The van der Waals surface area contributed by atoms with Gasteiger partial charge in [-0.2, -0.15) is 5.10 Å². The van der Waals surface area contributed by atoms with Crippen LogP contribution in [-0.4, -0.2) is 42.6 Å². The largest absolute Gasteiger partial charge is 0.493 e. The fraction of sp³-hybridized carbons (Fsp3) is 0.462. The maximum absolute atomic E-state index is 11.2. The fourth-order valence-electron chi connectivity index (χ4n) is 1.56. The first-order valence-corrected chi connectivity index (χ1v) is 6.39. The van der Waals surface area contributed by atoms with Crippen molar-refractivity contribution in [3.05, 3.63) is 27.8 Å². The van der Waals surface area contributed by atoms with E-state index in [-0.39, 0.29) is 29.9 Å². The first-order valence-electron chi connectivity index (χ1n) is 6.39. The molecule has 8 heteroatoms. The summed E-state index contributed by atoms with van der Waals surface area (Å²) in [6.45, 7) is 3.79. The highest BCUT2D eigenvalue weighted by atomic mass is 16.6. The Bertz CT molecular complexity index is 517. The summed E-state index contributed by atoms with van der Waals surface area (Å²) >= 11 is 0. The third-order valence-electron chi connectivity index (χ3n) is 2.36. The van der Waals surface area contributed by atoms with Crippen LogP contribution in [0.15, 0.2) is 17.2 Å². The van der Waals surface area contributed by atoms with Crippen molar-refractivity contribution >= 4 is 11.9 Å². The third kappa shape index (κ3) is 4.92. The van der Waals surface area contributed by atoms with Gasteiger partial charge in [-0.05, 0) is 19.9 Å². The molecule has 0 aliphatic rings. The lowest BCUT2D eigenvalue weighted by Crippen LogP contribution is -2.11. The monoisotopic (exact) mass is 297 g/mol. The number of nitro groups is 1. The summed E-state index contributed by atoms with van der Waals surface area (Å²) < 4.78 is 10.6. The molecule has 1 rings (SSSR count). The Kier molecular flexibility index (Phi) is 6.41. The van der Waals surface area contributed by atoms with Gasteiger partial charge in [-0.25, -0.2) is 0 Å². The maximum atomic E-state index is 11.2. The second-order valence-corrected chi connectivity index (χ2v) is 4.39. The predicted octanol–water partition coefficient (Wildman–Crippen LogP) is 1.31. The zero-order valence-corrected chi connectivity index (χ0v) is 12.2. The van der Waals surface area contributed by atoms with Gasteiger partial charge in [0.15, 0.2) is 5.75 Å². The van der Waals surface area contributed by atoms with E-state index < -0.39 is 4.92 Å². The molecule has 1 aromatic carbocycles. The number of methoxy groups -OCH3 is 1. The summed E-state index contributed by atoms with van der Waals surface area (Å²) in [6.07, 6.45) is 1.19. The van der Waals surface area contributed by atoms with E-state index in [9.17, 15) is 10.1 Å². The van der Waals surface area contributed by atoms with Crippen LogP contribution in [0.5, 0.6) is 11.5 Å². The SMILES string of the molecule is COc1cc(C=NNCCO)cc([N+](=O)[O-])c1OC(C)C. The number of nitrogens with one attached hydrogen (secondary N) is 1. The van der Waals surface area contributed by atoms with Crippen molar-refractivity contribution in [3.63, 3.8) is 0 Å². The van der Waals surface area contributed by atoms with Crippen molar-refractivity contribution < 1.29 is 19.5 Å². The van der Waals surface area contributed by atoms with Gasteiger partial charge in [0.2, 0.25) is 5.75 Å². The number of hydrazone groups is 1. The molecule has 8 nitrogen and oxygen atoms in total. The Labute approximate surface area is 122 Å². The van der Waals surface area contributed by atoms with Gasteiger partial charge in [0.25, 0.3) is 0 Å². The van der Waals surface area contributed by atoms with Crippen LogP contribution in [0, 0.1) is 10.1 Å². The van der Waals surface area contributed by atoms with E-state index in [1.54, 1.807) is 19.9 Å². The van der Waals surface area contributed by atoms with E-state index in [1.165, 1.54) is 19.4 Å². The van der Waals surface area contributed by atoms with Crippen LogP contribution in [0.25, 0.3) is 0 Å². The van der Waals surface area contributed by atoms with Crippen molar-refractivity contribution in [2.75, 3.05) is 20.3 Å². The zero-order valence-electron chi connectivity index (χ0n) is 12.2. The smallest absolute Gasteiger partial charge is 0.315 e. The van der Waals surface area contributed by atoms with E-state index in [1.807, 2.05) is 0 Å². The van der Waals surface area contributed by atoms with Gasteiger partial charge >= 0.3 is 5.69 Å². The minimum Gasteiger partial charge on any atom is -0.493 e. The van der Waals surface area contributed by atoms with Gasteiger partial charge in [-0.1, -0.05) is 0 Å². The fourth-order valence-corrected chi connectivity index (χ4v) is 1.56. The highest BCUT2D eigenvalue weighted by Gasteiger charge is 2.22. The number of nitro benzene ring substituents is 1. The van der Waals surface area contributed by atoms with Gasteiger partial charge in [0.1, 0.15) is 0 Å². The molecule has 0 aliphatic heterocycles. The highest BCUT2D eigenvalue weighted by molar-refractivity contribution is 5.83. The highest BCUT2D eigenvalue weighted by Crippen LogP contribution is 2.38. The van der Waals surface area contributed by atoms with Gasteiger partial charge < -0.3 is 20.0 Å². The summed E-state index contributed by atoms with van der Waals surface area (Å²) in [6, 6.07) is 2.94. The minimum absolute atomic E-state index is 0.0536. The van der Waals surface area contributed by atoms with E-state index in [4.69, 9.17) is 14.6 Å². The van der Waals surface area contributed by atoms with E-state index in [2.05, 4.69) is 10.5 Å². The van der Waals surface area contributed by atoms with Gasteiger partial charge in [-0.15, -0.1) is 0 Å². The van der Waals surface area contributed by atoms with Crippen LogP contribution in [-0.2, 0) is 0 Å². The molecule has 0 unspecified atom stereocenters. The molecule has 1 aromatic rings. The first-order chi connectivity index (χ1) is 9.99. The molecule has 2 N–H and O–H groups in total. The molecule has 0 saturated heterocycles. The number of hydrogen-bond acceptors (Lipinski definition) is 7. The number of aliphatic hydroxyl groups excluding tert-OH is 1. The van der Waals surface area contributed by atoms with Crippen molar-refractivity contribution in [1.82, 2.24) is 5.43 Å². The van der Waals surface area contributed by atoms with Gasteiger partial charge in [-0.3, -0.25) is 10.1 Å². The van der Waals surface area contributed by atoms with Crippen molar-refractivity contribution in [3.8, 4) is 11.5 Å². The molecule has 0 aromatic heterocycles. The lowest BCUT2D eigenvalue weighted by Gasteiger charge is -2.14. The normalized spacial score (nSPS) is 10.9. The number of nitrogens with zero attached hydrogens (tertiary/aromatic N) is 2. The molecule has 0 amide bonds. The quantitative estimate of drug-likeness (QED) is 0.324. The summed E-state index contributed by atoms with van der Waals surface area (Å²) in [5.41, 5.74) is 2.89. The van der Waals surface area contributed by atoms with Crippen LogP contribution < -0.4 is 14.9 Å². The average Bonchev–Trinajstić information content (AvgIpc) is 2.43. The van der Waals surface area contributed by atoms with Crippen LogP contribution in [0.3, 0.4) is 0 Å². The zero-order chi connectivity index (χ0) is 15.8. The molecule has 116 valence electrons. The maximum Gasteiger partial charge on any atom is 0.315 e. The molecule has 0 saturated carbocycles. The Balaban J connectivity index is 3.16. The van der Waals surface area contributed by atoms with Crippen LogP contribution in [0.4, 0.5) is 5.69 Å². The lowest BCUT2D eigenvalue weighted by molar-refractivity contribution is -0.386. The van der Waals surface area contributed by atoms with Gasteiger partial charge in [0.05, 0.1) is 37.5 Å².